The Balaban J connectivity index is 0.00000180. The van der Waals surface area contributed by atoms with Crippen LogP contribution in [0.5, 0.6) is 0 Å². The maximum absolute atomic E-state index is 6.21. The molecular weight excluding hydrogens is 326 g/mol. The first-order chi connectivity index (χ1) is 8.74. The van der Waals surface area contributed by atoms with Crippen molar-refractivity contribution < 1.29 is 17.1 Å². The average molecular weight is 350 g/mol. The van der Waals surface area contributed by atoms with Crippen molar-refractivity contribution in [2.24, 2.45) is 0 Å². The smallest absolute Gasteiger partial charge is 0.0266 e. The maximum atomic E-state index is 6.21. The molecule has 0 aromatic heterocycles. The van der Waals surface area contributed by atoms with Crippen molar-refractivity contribution in [2.45, 2.75) is 12.8 Å². The Hall–Kier alpha value is 0.939. The van der Waals surface area contributed by atoms with Gasteiger partial charge in [0.2, 0.25) is 0 Å². The summed E-state index contributed by atoms with van der Waals surface area (Å²) in [6.07, 6.45) is 2.29. The predicted octanol–water partition coefficient (Wildman–Crippen LogP) is 1.31. The molecule has 0 spiro atoms. The van der Waals surface area contributed by atoms with E-state index in [2.05, 4.69) is 9.80 Å². The quantitative estimate of drug-likeness (QED) is 0.482. The molecule has 2 heterocycles. The second-order valence-corrected chi connectivity index (χ2v) is 6.17. The van der Waals surface area contributed by atoms with E-state index >= 15 is 0 Å². The number of nitrogens with zero attached hydrogens (tertiary/aromatic N) is 4. The van der Waals surface area contributed by atoms with Gasteiger partial charge in [0, 0.05) is 69.4 Å². The summed E-state index contributed by atoms with van der Waals surface area (Å²) in [6, 6.07) is 0. The third-order valence-electron chi connectivity index (χ3n) is 3.80. The van der Waals surface area contributed by atoms with Gasteiger partial charge in [0.15, 0.2) is 0 Å². The van der Waals surface area contributed by atoms with Gasteiger partial charge in [0.1, 0.15) is 0 Å². The van der Waals surface area contributed by atoms with Crippen LogP contribution in [0.2, 0.25) is 0 Å². The van der Waals surface area contributed by atoms with E-state index in [-0.39, 0.29) is 17.1 Å². The van der Waals surface area contributed by atoms with Gasteiger partial charge in [-0.2, -0.15) is 0 Å². The molecule has 2 rings (SSSR count). The van der Waals surface area contributed by atoms with Gasteiger partial charge in [-0.15, -0.1) is 0 Å². The van der Waals surface area contributed by atoms with Crippen molar-refractivity contribution in [2.75, 3.05) is 65.4 Å². The number of rotatable bonds is 0. The molecule has 2 aliphatic rings. The molecule has 19 heavy (non-hydrogen) atoms. The molecule has 2 atom stereocenters. The van der Waals surface area contributed by atoms with Gasteiger partial charge in [-0.1, -0.05) is 0 Å². The van der Waals surface area contributed by atoms with Gasteiger partial charge >= 0.3 is 0 Å². The van der Waals surface area contributed by atoms with Gasteiger partial charge in [-0.05, 0) is 49.5 Å². The fourth-order valence-corrected chi connectivity index (χ4v) is 3.00. The zero-order chi connectivity index (χ0) is 12.8. The Labute approximate surface area is 137 Å². The predicted molar refractivity (Wildman–Crippen MR) is 77.0 cm³/mol. The fourth-order valence-electron chi connectivity index (χ4n) is 2.61. The van der Waals surface area contributed by atoms with E-state index in [4.69, 9.17) is 23.6 Å². The van der Waals surface area contributed by atoms with E-state index in [1.165, 1.54) is 0 Å². The maximum Gasteiger partial charge on any atom is 0.0266 e. The van der Waals surface area contributed by atoms with Crippen LogP contribution < -0.4 is 0 Å². The summed E-state index contributed by atoms with van der Waals surface area (Å²) in [5.74, 6) is 0. The zero-order valence-corrected chi connectivity index (χ0v) is 14.1. The molecule has 0 aliphatic carbocycles. The number of halogens is 2. The molecule has 1 radical (unpaired) electrons. The molecule has 4 nitrogen and oxygen atoms in total. The molecule has 0 aromatic carbocycles. The van der Waals surface area contributed by atoms with E-state index in [0.717, 1.165) is 78.3 Å². The summed E-state index contributed by atoms with van der Waals surface area (Å²) in [5, 5.41) is 0. The van der Waals surface area contributed by atoms with Crippen LogP contribution in [0.25, 0.3) is 0 Å². The number of fused-ring (bicyclic) bond motifs is 3. The van der Waals surface area contributed by atoms with Crippen LogP contribution in [0.1, 0.15) is 12.8 Å². The molecule has 2 unspecified atom stereocenters. The first-order valence-electron chi connectivity index (χ1n) is 7.00. The van der Waals surface area contributed by atoms with E-state index in [1.54, 1.807) is 0 Å². The first-order valence-corrected chi connectivity index (χ1v) is 7.68. The molecule has 2 fully saturated rings. The number of hydrogen-bond acceptors (Lipinski definition) is 4. The van der Waals surface area contributed by atoms with Gasteiger partial charge < -0.3 is 9.80 Å². The van der Waals surface area contributed by atoms with Crippen LogP contribution >= 0.6 is 23.6 Å². The van der Waals surface area contributed by atoms with Crippen LogP contribution in [0.15, 0.2) is 0 Å². The second kappa shape index (κ2) is 9.80. The Kier molecular flexibility index (Phi) is 9.28. The Morgan fingerprint density at radius 2 is 0.842 bits per heavy atom. The SMILES string of the molecule is ClN1CCCN2CCN(Cl)CCCN(CC1)CC2.[Mn]. The first kappa shape index (κ1) is 18.0. The summed E-state index contributed by atoms with van der Waals surface area (Å²) in [4.78, 5) is 5.04. The summed E-state index contributed by atoms with van der Waals surface area (Å²) in [7, 11) is 0. The van der Waals surface area contributed by atoms with Crippen LogP contribution in [-0.4, -0.2) is 84.1 Å². The van der Waals surface area contributed by atoms with E-state index in [0.29, 0.717) is 0 Å². The average Bonchev–Trinajstić information content (AvgIpc) is 2.37. The van der Waals surface area contributed by atoms with Crippen molar-refractivity contribution in [1.82, 2.24) is 18.6 Å². The number of hydrogen-bond donors (Lipinski definition) is 0. The van der Waals surface area contributed by atoms with Crippen LogP contribution in [-0.2, 0) is 17.1 Å². The third kappa shape index (κ3) is 6.96. The molecule has 0 saturated carbocycles. The minimum Gasteiger partial charge on any atom is -0.301 e. The van der Waals surface area contributed by atoms with Crippen LogP contribution in [0.4, 0.5) is 0 Å². The van der Waals surface area contributed by atoms with Crippen molar-refractivity contribution in [3.05, 3.63) is 0 Å². The van der Waals surface area contributed by atoms with Gasteiger partial charge in [-0.3, -0.25) is 0 Å². The fraction of sp³-hybridized carbons (Fsp3) is 1.00. The topological polar surface area (TPSA) is 13.0 Å². The molecule has 0 amide bonds. The van der Waals surface area contributed by atoms with Crippen LogP contribution in [0, 0.1) is 0 Å². The third-order valence-corrected chi connectivity index (χ3v) is 4.48. The molecule has 0 N–H and O–H groups in total. The van der Waals surface area contributed by atoms with E-state index in [9.17, 15) is 0 Å². The van der Waals surface area contributed by atoms with Crippen molar-refractivity contribution in [3.63, 3.8) is 0 Å². The molecule has 2 bridgehead atoms. The second-order valence-electron chi connectivity index (χ2n) is 5.21. The normalized spacial score (nSPS) is 32.5. The molecule has 2 saturated heterocycles. The summed E-state index contributed by atoms with van der Waals surface area (Å²) >= 11 is 12.4. The van der Waals surface area contributed by atoms with Crippen LogP contribution in [0.3, 0.4) is 0 Å². The zero-order valence-electron chi connectivity index (χ0n) is 11.4. The summed E-state index contributed by atoms with van der Waals surface area (Å²) < 4.78 is 3.88. The molecule has 0 aromatic rings. The molecule has 7 heteroatoms. The largest absolute Gasteiger partial charge is 0.301 e. The van der Waals surface area contributed by atoms with E-state index in [1.807, 2.05) is 8.84 Å². The van der Waals surface area contributed by atoms with Crippen molar-refractivity contribution >= 4 is 23.6 Å². The van der Waals surface area contributed by atoms with Gasteiger partial charge in [-0.25, -0.2) is 8.84 Å². The van der Waals surface area contributed by atoms with E-state index < -0.39 is 0 Å². The van der Waals surface area contributed by atoms with Gasteiger partial charge in [0.25, 0.3) is 0 Å². The monoisotopic (exact) mass is 349 g/mol. The molecule has 113 valence electrons. The molecule has 2 aliphatic heterocycles. The minimum atomic E-state index is 0. The van der Waals surface area contributed by atoms with Crippen molar-refractivity contribution in [1.29, 1.82) is 0 Å². The summed E-state index contributed by atoms with van der Waals surface area (Å²) in [5.41, 5.74) is 0. The Morgan fingerprint density at radius 3 is 1.26 bits per heavy atom. The Bertz CT molecular complexity index is 224. The molecular formula is C12H24Cl2MnN4. The standard InChI is InChI=1S/C12H24Cl2N4.Mn/c13-17-5-1-3-15-7-8-16(10-11-17)4-2-6-18(14)12-9-15;/h1-12H2;. The van der Waals surface area contributed by atoms with Crippen molar-refractivity contribution in [3.8, 4) is 0 Å². The summed E-state index contributed by atoms with van der Waals surface area (Å²) in [6.45, 7) is 10.6. The minimum absolute atomic E-state index is 0. The van der Waals surface area contributed by atoms with Gasteiger partial charge in [0.05, 0.1) is 0 Å². The Morgan fingerprint density at radius 1 is 0.474 bits per heavy atom.